The predicted octanol–water partition coefficient (Wildman–Crippen LogP) is 4.27. The molecule has 0 aliphatic carbocycles. The van der Waals surface area contributed by atoms with E-state index in [0.29, 0.717) is 0 Å². The Bertz CT molecular complexity index is 192. The van der Waals surface area contributed by atoms with Gasteiger partial charge in [-0.15, -0.1) is 0 Å². The van der Waals surface area contributed by atoms with E-state index in [9.17, 15) is 0 Å². The summed E-state index contributed by atoms with van der Waals surface area (Å²) in [6.07, 6.45) is 0. The molecular weight excluding hydrogens is 397 g/mol. The minimum Gasteiger partial charge on any atom is -0.0611 e. The molecule has 0 heterocycles. The SMILES string of the molecule is Cl[I]c1ccccc1[I]Cl. The van der Waals surface area contributed by atoms with Gasteiger partial charge in [0.1, 0.15) is 0 Å². The van der Waals surface area contributed by atoms with Gasteiger partial charge in [-0.2, -0.15) is 0 Å². The smallest absolute Gasteiger partial charge is 0.0323 e. The zero-order valence-electron chi connectivity index (χ0n) is 4.82. The van der Waals surface area contributed by atoms with E-state index in [-0.39, 0.29) is 40.2 Å². The molecule has 0 aliphatic rings. The molecule has 0 aromatic heterocycles. The van der Waals surface area contributed by atoms with Gasteiger partial charge in [0.2, 0.25) is 0 Å². The van der Waals surface area contributed by atoms with Crippen LogP contribution in [-0.2, 0) is 0 Å². The molecule has 0 saturated heterocycles. The third kappa shape index (κ3) is 2.39. The Morgan fingerprint density at radius 3 is 1.60 bits per heavy atom. The van der Waals surface area contributed by atoms with Crippen LogP contribution in [0.5, 0.6) is 0 Å². The molecule has 0 bridgehead atoms. The molecule has 0 spiro atoms. The van der Waals surface area contributed by atoms with Crippen LogP contribution in [0.15, 0.2) is 24.3 Å². The van der Waals surface area contributed by atoms with Gasteiger partial charge in [-0.3, -0.25) is 0 Å². The van der Waals surface area contributed by atoms with Crippen molar-refractivity contribution in [2.45, 2.75) is 0 Å². The van der Waals surface area contributed by atoms with Crippen molar-refractivity contribution in [3.05, 3.63) is 31.4 Å². The first-order chi connectivity index (χ1) is 4.88. The predicted molar refractivity (Wildman–Crippen MR) is 63.6 cm³/mol. The summed E-state index contributed by atoms with van der Waals surface area (Å²) in [7, 11) is 11.6. The van der Waals surface area contributed by atoms with Gasteiger partial charge >= 0.3 is 0 Å². The van der Waals surface area contributed by atoms with Crippen LogP contribution in [-0.4, -0.2) is 0 Å². The van der Waals surface area contributed by atoms with Gasteiger partial charge in [-0.25, -0.2) is 0 Å². The summed E-state index contributed by atoms with van der Waals surface area (Å²) < 4.78 is 2.57. The van der Waals surface area contributed by atoms with E-state index in [2.05, 4.69) is 12.1 Å². The lowest BCUT2D eigenvalue weighted by atomic mass is 10.4. The minimum absolute atomic E-state index is 0.303. The Hall–Kier alpha value is 1.26. The van der Waals surface area contributed by atoms with Gasteiger partial charge in [-0.1, -0.05) is 12.1 Å². The molecule has 56 valence electrons. The standard InChI is InChI=1S/C6H4Cl2I2/c7-9-5-3-1-2-4-6(5)10-8/h1-4H. The highest BCUT2D eigenvalue weighted by Gasteiger charge is 1.98. The fourth-order valence-electron chi connectivity index (χ4n) is 0.555. The van der Waals surface area contributed by atoms with E-state index in [4.69, 9.17) is 17.8 Å². The number of halogens is 4. The fraction of sp³-hybridized carbons (Fsp3) is 0. The van der Waals surface area contributed by atoms with Crippen molar-refractivity contribution in [2.24, 2.45) is 0 Å². The van der Waals surface area contributed by atoms with Crippen LogP contribution in [0, 0.1) is 7.14 Å². The average molecular weight is 401 g/mol. The van der Waals surface area contributed by atoms with E-state index in [1.807, 2.05) is 12.1 Å². The first kappa shape index (κ1) is 9.35. The monoisotopic (exact) mass is 400 g/mol. The molecule has 1 aromatic carbocycles. The van der Waals surface area contributed by atoms with E-state index in [1.54, 1.807) is 0 Å². The van der Waals surface area contributed by atoms with Crippen molar-refractivity contribution in [1.82, 2.24) is 0 Å². The van der Waals surface area contributed by atoms with Crippen molar-refractivity contribution in [1.29, 1.82) is 0 Å². The molecule has 0 N–H and O–H groups in total. The van der Waals surface area contributed by atoms with Gasteiger partial charge in [-0.05, 0) is 70.1 Å². The van der Waals surface area contributed by atoms with Crippen molar-refractivity contribution in [3.8, 4) is 0 Å². The molecule has 0 aliphatic heterocycles. The summed E-state index contributed by atoms with van der Waals surface area (Å²) in [6, 6.07) is 8.16. The lowest BCUT2D eigenvalue weighted by Gasteiger charge is -1.97. The fourth-order valence-corrected chi connectivity index (χ4v) is 6.65. The van der Waals surface area contributed by atoms with Gasteiger partial charge in [0, 0.05) is 7.14 Å². The topological polar surface area (TPSA) is 0 Å². The quantitative estimate of drug-likeness (QED) is 0.650. The van der Waals surface area contributed by atoms with Crippen LogP contribution in [0.4, 0.5) is 0 Å². The Morgan fingerprint density at radius 1 is 0.900 bits per heavy atom. The van der Waals surface area contributed by atoms with Crippen LogP contribution in [0.2, 0.25) is 0 Å². The highest BCUT2D eigenvalue weighted by molar-refractivity contribution is 14.2. The second-order valence-electron chi connectivity index (χ2n) is 1.56. The van der Waals surface area contributed by atoms with Crippen molar-refractivity contribution >= 4 is 58.0 Å². The van der Waals surface area contributed by atoms with Gasteiger partial charge in [0.05, 0.1) is 0 Å². The van der Waals surface area contributed by atoms with Crippen LogP contribution in [0.1, 0.15) is 0 Å². The molecule has 0 nitrogen and oxygen atoms in total. The maximum atomic E-state index is 5.78. The van der Waals surface area contributed by atoms with Crippen LogP contribution in [0.25, 0.3) is 0 Å². The number of hydrogen-bond acceptors (Lipinski definition) is 0. The van der Waals surface area contributed by atoms with Crippen molar-refractivity contribution in [2.75, 3.05) is 0 Å². The minimum atomic E-state index is -0.303. The molecule has 10 heavy (non-hydrogen) atoms. The molecule has 0 amide bonds. The van der Waals surface area contributed by atoms with E-state index < -0.39 is 0 Å². The summed E-state index contributed by atoms with van der Waals surface area (Å²) in [6.45, 7) is 0. The van der Waals surface area contributed by atoms with E-state index >= 15 is 0 Å². The first-order valence-electron chi connectivity index (χ1n) is 2.49. The maximum absolute atomic E-state index is 5.78. The number of rotatable bonds is 2. The maximum Gasteiger partial charge on any atom is 0.0323 e. The summed E-state index contributed by atoms with van der Waals surface area (Å²) in [5, 5.41) is 0. The highest BCUT2D eigenvalue weighted by Crippen LogP contribution is 2.36. The lowest BCUT2D eigenvalue weighted by Crippen LogP contribution is -1.76. The van der Waals surface area contributed by atoms with Crippen LogP contribution >= 0.6 is 58.0 Å². The highest BCUT2D eigenvalue weighted by atomic mass is 127. The lowest BCUT2D eigenvalue weighted by molar-refractivity contribution is 1.58. The third-order valence-corrected chi connectivity index (χ3v) is 6.84. The molecule has 2 radical (unpaired) electrons. The summed E-state index contributed by atoms with van der Waals surface area (Å²) in [5.74, 6) is 0. The molecule has 4 heteroatoms. The Labute approximate surface area is 88.2 Å². The molecule has 1 rings (SSSR count). The Kier molecular flexibility index (Phi) is 4.68. The van der Waals surface area contributed by atoms with Crippen LogP contribution in [0.3, 0.4) is 0 Å². The van der Waals surface area contributed by atoms with Crippen molar-refractivity contribution in [3.63, 3.8) is 0 Å². The normalized spacial score (nSPS) is 9.80. The summed E-state index contributed by atoms with van der Waals surface area (Å²) >= 11 is -0.607. The largest absolute Gasteiger partial charge is 0.0611 e. The first-order valence-corrected chi connectivity index (χ1v) is 10.1. The molecule has 1 aromatic rings. The molecular formula is C6H4Cl2I2. The Balaban J connectivity index is 2.96. The Morgan fingerprint density at radius 2 is 1.30 bits per heavy atom. The second-order valence-corrected chi connectivity index (χ2v) is 6.61. The molecule has 0 saturated carbocycles. The molecule has 0 unspecified atom stereocenters. The van der Waals surface area contributed by atoms with Gasteiger partial charge < -0.3 is 0 Å². The van der Waals surface area contributed by atoms with Crippen molar-refractivity contribution < 1.29 is 0 Å². The summed E-state index contributed by atoms with van der Waals surface area (Å²) in [5.41, 5.74) is 0. The van der Waals surface area contributed by atoms with E-state index in [1.165, 1.54) is 7.14 Å². The van der Waals surface area contributed by atoms with Gasteiger partial charge in [0.15, 0.2) is 0 Å². The zero-order chi connectivity index (χ0) is 7.40. The number of benzene rings is 1. The van der Waals surface area contributed by atoms with Gasteiger partial charge in [0.25, 0.3) is 0 Å². The molecule has 0 atom stereocenters. The van der Waals surface area contributed by atoms with E-state index in [0.717, 1.165) is 0 Å². The summed E-state index contributed by atoms with van der Waals surface area (Å²) in [4.78, 5) is 0. The molecule has 0 fully saturated rings. The second kappa shape index (κ2) is 5.00. The number of hydrogen-bond donors (Lipinski definition) is 0. The average Bonchev–Trinajstić information content (AvgIpc) is 2.04. The third-order valence-electron chi connectivity index (χ3n) is 0.978. The zero-order valence-corrected chi connectivity index (χ0v) is 10.6. The van der Waals surface area contributed by atoms with Crippen LogP contribution < -0.4 is 0 Å².